The first-order chi connectivity index (χ1) is 12.4. The minimum absolute atomic E-state index is 0.0539. The molecule has 0 fully saturated rings. The van der Waals surface area contributed by atoms with Gasteiger partial charge in [0.1, 0.15) is 0 Å². The lowest BCUT2D eigenvalue weighted by molar-refractivity contribution is 0.102. The van der Waals surface area contributed by atoms with Crippen LogP contribution in [0.4, 0.5) is 5.69 Å². The Kier molecular flexibility index (Phi) is 4.84. The van der Waals surface area contributed by atoms with Crippen molar-refractivity contribution in [3.63, 3.8) is 0 Å². The summed E-state index contributed by atoms with van der Waals surface area (Å²) in [5.41, 5.74) is 3.26. The highest BCUT2D eigenvalue weighted by atomic mass is 16.1. The van der Waals surface area contributed by atoms with E-state index in [2.05, 4.69) is 41.5 Å². The number of anilines is 1. The average molecular weight is 349 g/mol. The van der Waals surface area contributed by atoms with E-state index in [0.29, 0.717) is 23.6 Å². The van der Waals surface area contributed by atoms with E-state index in [1.807, 2.05) is 55.5 Å². The maximum atomic E-state index is 12.6. The van der Waals surface area contributed by atoms with Crippen molar-refractivity contribution in [1.82, 2.24) is 20.2 Å². The molecule has 134 valence electrons. The van der Waals surface area contributed by atoms with Crippen LogP contribution in [-0.2, 0) is 12.0 Å². The Bertz CT molecular complexity index is 906. The standard InChI is InChI=1S/C20H23N5O/c1-5-25-23-18(22-24-25)16-8-6-7-9-17(16)21-19(26)14-10-12-15(13-11-14)20(2,3)4/h6-13H,5H2,1-4H3,(H,21,26). The predicted octanol–water partition coefficient (Wildman–Crippen LogP) is 3.91. The van der Waals surface area contributed by atoms with Crippen molar-refractivity contribution < 1.29 is 4.79 Å². The number of aryl methyl sites for hydroxylation is 1. The summed E-state index contributed by atoms with van der Waals surface area (Å²) in [5.74, 6) is 0.326. The molecule has 0 saturated heterocycles. The van der Waals surface area contributed by atoms with Crippen LogP contribution in [0.25, 0.3) is 11.4 Å². The largest absolute Gasteiger partial charge is 0.321 e. The molecule has 1 aromatic heterocycles. The number of aromatic nitrogens is 4. The summed E-state index contributed by atoms with van der Waals surface area (Å²) in [6.07, 6.45) is 0. The van der Waals surface area contributed by atoms with Gasteiger partial charge in [0.05, 0.1) is 12.2 Å². The number of para-hydroxylation sites is 1. The molecule has 3 aromatic rings. The molecule has 0 aliphatic carbocycles. The van der Waals surface area contributed by atoms with Crippen molar-refractivity contribution in [1.29, 1.82) is 0 Å². The number of nitrogens with one attached hydrogen (secondary N) is 1. The van der Waals surface area contributed by atoms with E-state index >= 15 is 0 Å². The van der Waals surface area contributed by atoms with Crippen molar-refractivity contribution in [2.45, 2.75) is 39.7 Å². The van der Waals surface area contributed by atoms with E-state index in [1.165, 1.54) is 10.4 Å². The van der Waals surface area contributed by atoms with Gasteiger partial charge in [-0.1, -0.05) is 45.0 Å². The van der Waals surface area contributed by atoms with Gasteiger partial charge in [0.2, 0.25) is 5.82 Å². The van der Waals surface area contributed by atoms with E-state index in [-0.39, 0.29) is 11.3 Å². The minimum Gasteiger partial charge on any atom is -0.321 e. The quantitative estimate of drug-likeness (QED) is 0.775. The van der Waals surface area contributed by atoms with E-state index in [4.69, 9.17) is 0 Å². The molecule has 1 heterocycles. The zero-order chi connectivity index (χ0) is 18.7. The van der Waals surface area contributed by atoms with Gasteiger partial charge in [-0.25, -0.2) is 0 Å². The third-order valence-corrected chi connectivity index (χ3v) is 4.16. The Morgan fingerprint density at radius 2 is 1.77 bits per heavy atom. The van der Waals surface area contributed by atoms with E-state index in [1.54, 1.807) is 0 Å². The van der Waals surface area contributed by atoms with Gasteiger partial charge in [0.25, 0.3) is 5.91 Å². The van der Waals surface area contributed by atoms with Crippen LogP contribution in [0.5, 0.6) is 0 Å². The molecule has 0 bridgehead atoms. The normalized spacial score (nSPS) is 11.4. The maximum absolute atomic E-state index is 12.6. The molecule has 0 aliphatic heterocycles. The highest BCUT2D eigenvalue weighted by Gasteiger charge is 2.16. The molecule has 26 heavy (non-hydrogen) atoms. The molecule has 1 amide bonds. The van der Waals surface area contributed by atoms with Crippen molar-refractivity contribution in [2.24, 2.45) is 0 Å². The summed E-state index contributed by atoms with van der Waals surface area (Å²) in [7, 11) is 0. The molecule has 6 nitrogen and oxygen atoms in total. The lowest BCUT2D eigenvalue weighted by Crippen LogP contribution is -2.14. The Hall–Kier alpha value is -3.02. The number of nitrogens with zero attached hydrogens (tertiary/aromatic N) is 4. The lowest BCUT2D eigenvalue weighted by Gasteiger charge is -2.19. The van der Waals surface area contributed by atoms with E-state index in [0.717, 1.165) is 5.56 Å². The fraction of sp³-hybridized carbons (Fsp3) is 0.300. The van der Waals surface area contributed by atoms with Crippen molar-refractivity contribution >= 4 is 11.6 Å². The number of amides is 1. The Morgan fingerprint density at radius 3 is 2.38 bits per heavy atom. The number of carbonyl (C=O) groups is 1. The van der Waals surface area contributed by atoms with Crippen molar-refractivity contribution in [3.8, 4) is 11.4 Å². The van der Waals surface area contributed by atoms with Crippen LogP contribution in [0.1, 0.15) is 43.6 Å². The second-order valence-electron chi connectivity index (χ2n) is 7.13. The van der Waals surface area contributed by atoms with Crippen LogP contribution in [0.2, 0.25) is 0 Å². The summed E-state index contributed by atoms with van der Waals surface area (Å²) in [6, 6.07) is 15.2. The predicted molar refractivity (Wildman–Crippen MR) is 102 cm³/mol. The number of hydrogen-bond donors (Lipinski definition) is 1. The van der Waals surface area contributed by atoms with Crippen LogP contribution in [0.3, 0.4) is 0 Å². The molecule has 0 unspecified atom stereocenters. The second-order valence-corrected chi connectivity index (χ2v) is 7.13. The van der Waals surface area contributed by atoms with E-state index in [9.17, 15) is 4.79 Å². The van der Waals surface area contributed by atoms with E-state index < -0.39 is 0 Å². The van der Waals surface area contributed by atoms with Crippen molar-refractivity contribution in [2.75, 3.05) is 5.32 Å². The SMILES string of the molecule is CCn1nnc(-c2ccccc2NC(=O)c2ccc(C(C)(C)C)cc2)n1. The summed E-state index contributed by atoms with van der Waals surface area (Å²) in [4.78, 5) is 14.2. The number of benzene rings is 2. The molecule has 1 N–H and O–H groups in total. The lowest BCUT2D eigenvalue weighted by atomic mass is 9.86. The number of hydrogen-bond acceptors (Lipinski definition) is 4. The van der Waals surface area contributed by atoms with Crippen LogP contribution in [0, 0.1) is 0 Å². The van der Waals surface area contributed by atoms with Crippen LogP contribution >= 0.6 is 0 Å². The number of rotatable bonds is 4. The van der Waals surface area contributed by atoms with Gasteiger partial charge in [-0.05, 0) is 47.4 Å². The molecule has 0 atom stereocenters. The fourth-order valence-electron chi connectivity index (χ4n) is 2.59. The number of tetrazole rings is 1. The second kappa shape index (κ2) is 7.07. The van der Waals surface area contributed by atoms with Gasteiger partial charge >= 0.3 is 0 Å². The maximum Gasteiger partial charge on any atom is 0.255 e. The molecular formula is C20H23N5O. The first-order valence-corrected chi connectivity index (χ1v) is 8.67. The molecule has 0 radical (unpaired) electrons. The zero-order valence-corrected chi connectivity index (χ0v) is 15.5. The molecule has 0 aliphatic rings. The topological polar surface area (TPSA) is 72.7 Å². The van der Waals surface area contributed by atoms with Crippen LogP contribution in [-0.4, -0.2) is 26.1 Å². The van der Waals surface area contributed by atoms with Gasteiger partial charge < -0.3 is 5.32 Å². The minimum atomic E-state index is -0.166. The first kappa shape index (κ1) is 17.8. The third-order valence-electron chi connectivity index (χ3n) is 4.16. The Balaban J connectivity index is 1.84. The van der Waals surface area contributed by atoms with Gasteiger partial charge in [0, 0.05) is 11.1 Å². The van der Waals surface area contributed by atoms with Gasteiger partial charge in [-0.2, -0.15) is 4.80 Å². The average Bonchev–Trinajstić information content (AvgIpc) is 3.10. The van der Waals surface area contributed by atoms with Crippen molar-refractivity contribution in [3.05, 3.63) is 59.7 Å². The number of carbonyl (C=O) groups excluding carboxylic acids is 1. The first-order valence-electron chi connectivity index (χ1n) is 8.67. The molecule has 6 heteroatoms. The fourth-order valence-corrected chi connectivity index (χ4v) is 2.59. The third kappa shape index (κ3) is 3.79. The summed E-state index contributed by atoms with van der Waals surface area (Å²) >= 11 is 0. The smallest absolute Gasteiger partial charge is 0.255 e. The van der Waals surface area contributed by atoms with Crippen LogP contribution < -0.4 is 5.32 Å². The van der Waals surface area contributed by atoms with Gasteiger partial charge in [-0.3, -0.25) is 4.79 Å². The molecule has 0 saturated carbocycles. The summed E-state index contributed by atoms with van der Waals surface area (Å²) in [6.45, 7) is 9.03. The Labute approximate surface area is 153 Å². The summed E-state index contributed by atoms with van der Waals surface area (Å²) < 4.78 is 0. The zero-order valence-electron chi connectivity index (χ0n) is 15.5. The van der Waals surface area contributed by atoms with Gasteiger partial charge in [-0.15, -0.1) is 10.2 Å². The molecular weight excluding hydrogens is 326 g/mol. The molecule has 2 aromatic carbocycles. The Morgan fingerprint density at radius 1 is 1.08 bits per heavy atom. The molecule has 3 rings (SSSR count). The molecule has 0 spiro atoms. The monoisotopic (exact) mass is 349 g/mol. The van der Waals surface area contributed by atoms with Crippen LogP contribution in [0.15, 0.2) is 48.5 Å². The highest BCUT2D eigenvalue weighted by Crippen LogP contribution is 2.26. The van der Waals surface area contributed by atoms with Gasteiger partial charge in [0.15, 0.2) is 0 Å². The highest BCUT2D eigenvalue weighted by molar-refractivity contribution is 6.06. The summed E-state index contributed by atoms with van der Waals surface area (Å²) in [5, 5.41) is 15.3.